The van der Waals surface area contributed by atoms with E-state index in [1.54, 1.807) is 0 Å². The number of alkyl carbamates (subject to hydrolysis) is 1. The SMILES string of the molecule is CC(C)[C@H]1CC[C@@H](C)C[C@@H]1OC(=O)N[C@@H](C)c1ccccc1. The van der Waals surface area contributed by atoms with Gasteiger partial charge in [0.05, 0.1) is 6.04 Å². The predicted molar refractivity (Wildman–Crippen MR) is 89.6 cm³/mol. The monoisotopic (exact) mass is 303 g/mol. The standard InChI is InChI=1S/C19H29NO2/c1-13(2)17-11-10-14(3)12-18(17)22-19(21)20-15(4)16-8-6-5-7-9-16/h5-9,13-15,17-18H,10-12H2,1-4H3,(H,20,21)/t14-,15+,17-,18+/m1/s1. The van der Waals surface area contributed by atoms with Crippen molar-refractivity contribution in [2.24, 2.45) is 17.8 Å². The lowest BCUT2D eigenvalue weighted by Gasteiger charge is -2.36. The highest BCUT2D eigenvalue weighted by atomic mass is 16.6. The van der Waals surface area contributed by atoms with E-state index in [1.807, 2.05) is 37.3 Å². The van der Waals surface area contributed by atoms with Crippen LogP contribution in [0.15, 0.2) is 30.3 Å². The number of hydrogen-bond acceptors (Lipinski definition) is 2. The van der Waals surface area contributed by atoms with Crippen molar-refractivity contribution in [3.05, 3.63) is 35.9 Å². The maximum atomic E-state index is 12.2. The van der Waals surface area contributed by atoms with E-state index in [9.17, 15) is 4.79 Å². The van der Waals surface area contributed by atoms with E-state index in [1.165, 1.54) is 6.42 Å². The Balaban J connectivity index is 1.92. The number of carbonyl (C=O) groups excluding carboxylic acids is 1. The first kappa shape index (κ1) is 16.9. The molecule has 1 N–H and O–H groups in total. The molecule has 0 unspecified atom stereocenters. The van der Waals surface area contributed by atoms with E-state index in [-0.39, 0.29) is 18.2 Å². The van der Waals surface area contributed by atoms with Gasteiger partial charge in [-0.1, -0.05) is 57.5 Å². The summed E-state index contributed by atoms with van der Waals surface area (Å²) in [6.45, 7) is 8.68. The van der Waals surface area contributed by atoms with Gasteiger partial charge in [0.25, 0.3) is 0 Å². The highest BCUT2D eigenvalue weighted by molar-refractivity contribution is 5.68. The minimum atomic E-state index is -0.291. The van der Waals surface area contributed by atoms with Gasteiger partial charge in [-0.2, -0.15) is 0 Å². The quantitative estimate of drug-likeness (QED) is 0.856. The number of hydrogen-bond donors (Lipinski definition) is 1. The Kier molecular flexibility index (Phi) is 5.87. The smallest absolute Gasteiger partial charge is 0.407 e. The van der Waals surface area contributed by atoms with Crippen LogP contribution in [-0.2, 0) is 4.74 Å². The van der Waals surface area contributed by atoms with Crippen LogP contribution in [0.25, 0.3) is 0 Å². The second-order valence-corrected chi connectivity index (χ2v) is 7.05. The summed E-state index contributed by atoms with van der Waals surface area (Å²) in [6.07, 6.45) is 3.14. The van der Waals surface area contributed by atoms with Crippen molar-refractivity contribution in [3.8, 4) is 0 Å². The lowest BCUT2D eigenvalue weighted by Crippen LogP contribution is -2.39. The summed E-state index contributed by atoms with van der Waals surface area (Å²) >= 11 is 0. The normalized spacial score (nSPS) is 26.5. The molecule has 122 valence electrons. The van der Waals surface area contributed by atoms with Gasteiger partial charge in [0, 0.05) is 0 Å². The van der Waals surface area contributed by atoms with Gasteiger partial charge in [-0.3, -0.25) is 0 Å². The van der Waals surface area contributed by atoms with Gasteiger partial charge in [0.15, 0.2) is 0 Å². The van der Waals surface area contributed by atoms with Crippen molar-refractivity contribution in [1.29, 1.82) is 0 Å². The van der Waals surface area contributed by atoms with E-state index in [0.29, 0.717) is 17.8 Å². The Morgan fingerprint density at radius 2 is 1.86 bits per heavy atom. The van der Waals surface area contributed by atoms with Crippen molar-refractivity contribution in [1.82, 2.24) is 5.32 Å². The summed E-state index contributed by atoms with van der Waals surface area (Å²) in [5.41, 5.74) is 1.09. The minimum absolute atomic E-state index is 0.0350. The van der Waals surface area contributed by atoms with Gasteiger partial charge in [0.1, 0.15) is 6.10 Å². The number of ether oxygens (including phenoxy) is 1. The Bertz CT molecular complexity index is 472. The van der Waals surface area contributed by atoms with Gasteiger partial charge in [-0.25, -0.2) is 4.79 Å². The molecule has 1 aliphatic carbocycles. The highest BCUT2D eigenvalue weighted by Gasteiger charge is 2.33. The molecule has 22 heavy (non-hydrogen) atoms. The second-order valence-electron chi connectivity index (χ2n) is 7.05. The molecule has 1 aliphatic rings. The number of amides is 1. The van der Waals surface area contributed by atoms with Gasteiger partial charge in [-0.05, 0) is 43.1 Å². The zero-order chi connectivity index (χ0) is 16.1. The molecule has 1 aromatic carbocycles. The average molecular weight is 303 g/mol. The maximum Gasteiger partial charge on any atom is 0.407 e. The fraction of sp³-hybridized carbons (Fsp3) is 0.632. The molecule has 3 heteroatoms. The van der Waals surface area contributed by atoms with Gasteiger partial charge in [-0.15, -0.1) is 0 Å². The molecule has 1 amide bonds. The zero-order valence-electron chi connectivity index (χ0n) is 14.2. The van der Waals surface area contributed by atoms with E-state index in [2.05, 4.69) is 26.1 Å². The fourth-order valence-electron chi connectivity index (χ4n) is 3.42. The third-order valence-electron chi connectivity index (χ3n) is 4.85. The molecule has 3 nitrogen and oxygen atoms in total. The van der Waals surface area contributed by atoms with Crippen molar-refractivity contribution >= 4 is 6.09 Å². The summed E-state index contributed by atoms with van der Waals surface area (Å²) in [4.78, 5) is 12.2. The molecule has 0 bridgehead atoms. The summed E-state index contributed by atoms with van der Waals surface area (Å²) in [7, 11) is 0. The van der Waals surface area contributed by atoms with Crippen LogP contribution < -0.4 is 5.32 Å². The van der Waals surface area contributed by atoms with Crippen molar-refractivity contribution < 1.29 is 9.53 Å². The van der Waals surface area contributed by atoms with Crippen LogP contribution in [0.4, 0.5) is 4.79 Å². The van der Waals surface area contributed by atoms with Gasteiger partial charge in [0.2, 0.25) is 0 Å². The van der Waals surface area contributed by atoms with E-state index in [4.69, 9.17) is 4.74 Å². The number of carbonyl (C=O) groups is 1. The average Bonchev–Trinajstić information content (AvgIpc) is 2.47. The Hall–Kier alpha value is -1.51. The molecular formula is C19H29NO2. The molecule has 0 heterocycles. The minimum Gasteiger partial charge on any atom is -0.446 e. The molecule has 1 saturated carbocycles. The molecule has 0 aromatic heterocycles. The first-order valence-corrected chi connectivity index (χ1v) is 8.49. The molecule has 0 saturated heterocycles. The highest BCUT2D eigenvalue weighted by Crippen LogP contribution is 2.35. The summed E-state index contributed by atoms with van der Waals surface area (Å²) < 4.78 is 5.78. The van der Waals surface area contributed by atoms with E-state index >= 15 is 0 Å². The molecule has 0 radical (unpaired) electrons. The third-order valence-corrected chi connectivity index (χ3v) is 4.85. The van der Waals surface area contributed by atoms with Crippen LogP contribution in [0.5, 0.6) is 0 Å². The Morgan fingerprint density at radius 3 is 2.50 bits per heavy atom. The van der Waals surface area contributed by atoms with Crippen LogP contribution in [0, 0.1) is 17.8 Å². The first-order chi connectivity index (χ1) is 10.5. The molecule has 0 aliphatic heterocycles. The molecule has 2 rings (SSSR count). The van der Waals surface area contributed by atoms with Crippen molar-refractivity contribution in [3.63, 3.8) is 0 Å². The predicted octanol–water partition coefficient (Wildman–Crippen LogP) is 4.93. The van der Waals surface area contributed by atoms with Crippen LogP contribution >= 0.6 is 0 Å². The Morgan fingerprint density at radius 1 is 1.18 bits per heavy atom. The molecule has 4 atom stereocenters. The topological polar surface area (TPSA) is 38.3 Å². The molecule has 1 aromatic rings. The Labute approximate surface area is 134 Å². The van der Waals surface area contributed by atoms with Crippen LogP contribution in [0.2, 0.25) is 0 Å². The molecular weight excluding hydrogens is 274 g/mol. The van der Waals surface area contributed by atoms with E-state index in [0.717, 1.165) is 18.4 Å². The zero-order valence-corrected chi connectivity index (χ0v) is 14.2. The van der Waals surface area contributed by atoms with Crippen molar-refractivity contribution in [2.75, 3.05) is 0 Å². The number of rotatable bonds is 4. The van der Waals surface area contributed by atoms with Crippen LogP contribution in [0.3, 0.4) is 0 Å². The second kappa shape index (κ2) is 7.66. The number of benzene rings is 1. The third kappa shape index (κ3) is 4.49. The summed E-state index contributed by atoms with van der Waals surface area (Å²) in [5, 5.41) is 2.96. The van der Waals surface area contributed by atoms with E-state index < -0.39 is 0 Å². The van der Waals surface area contributed by atoms with Gasteiger partial charge >= 0.3 is 6.09 Å². The first-order valence-electron chi connectivity index (χ1n) is 8.49. The fourth-order valence-corrected chi connectivity index (χ4v) is 3.42. The van der Waals surface area contributed by atoms with Crippen LogP contribution in [0.1, 0.15) is 58.6 Å². The maximum absolute atomic E-state index is 12.2. The lowest BCUT2D eigenvalue weighted by atomic mass is 9.75. The summed E-state index contributed by atoms with van der Waals surface area (Å²) in [6, 6.07) is 9.94. The number of nitrogens with one attached hydrogen (secondary N) is 1. The van der Waals surface area contributed by atoms with Gasteiger partial charge < -0.3 is 10.1 Å². The largest absolute Gasteiger partial charge is 0.446 e. The summed E-state index contributed by atoms with van der Waals surface area (Å²) in [5.74, 6) is 1.67. The van der Waals surface area contributed by atoms with Crippen LogP contribution in [-0.4, -0.2) is 12.2 Å². The van der Waals surface area contributed by atoms with Crippen molar-refractivity contribution in [2.45, 2.75) is 59.1 Å². The molecule has 0 spiro atoms. The molecule has 1 fully saturated rings. The lowest BCUT2D eigenvalue weighted by molar-refractivity contribution is 0.00516.